The van der Waals surface area contributed by atoms with Crippen LogP contribution in [0.4, 0.5) is 4.39 Å². The van der Waals surface area contributed by atoms with E-state index in [0.29, 0.717) is 10.0 Å². The quantitative estimate of drug-likeness (QED) is 0.823. The van der Waals surface area contributed by atoms with Crippen LogP contribution in [0.5, 0.6) is 0 Å². The maximum atomic E-state index is 12.7. The topological polar surface area (TPSA) is 32.3 Å². The third-order valence-electron chi connectivity index (χ3n) is 1.50. The van der Waals surface area contributed by atoms with Gasteiger partial charge >= 0.3 is 0 Å². The summed E-state index contributed by atoms with van der Waals surface area (Å²) in [7, 11) is 3.41. The second kappa shape index (κ2) is 4.52. The number of benzene rings is 1. The number of nitrogens with one attached hydrogen (secondary N) is 1. The second-order valence-electron chi connectivity index (χ2n) is 2.96. The maximum Gasteiger partial charge on any atom is 0.266 e. The minimum Gasteiger partial charge on any atom is -0.285 e. The molecule has 0 saturated carbocycles. The summed E-state index contributed by atoms with van der Waals surface area (Å²) in [6, 6.07) is 3.93. The largest absolute Gasteiger partial charge is 0.285 e. The highest BCUT2D eigenvalue weighted by Gasteiger charge is 2.10. The van der Waals surface area contributed by atoms with Gasteiger partial charge in [-0.05, 0) is 34.1 Å². The minimum atomic E-state index is -0.377. The Morgan fingerprint density at radius 2 is 2.14 bits per heavy atom. The molecule has 1 aromatic carbocycles. The van der Waals surface area contributed by atoms with E-state index in [1.807, 2.05) is 0 Å². The molecule has 76 valence electrons. The second-order valence-corrected chi connectivity index (χ2v) is 3.81. The van der Waals surface area contributed by atoms with Gasteiger partial charge in [0.25, 0.3) is 5.91 Å². The van der Waals surface area contributed by atoms with Crippen LogP contribution in [0, 0.1) is 5.82 Å². The molecule has 0 fully saturated rings. The average molecular weight is 261 g/mol. The summed E-state index contributed by atoms with van der Waals surface area (Å²) in [6.07, 6.45) is 0. The molecule has 14 heavy (non-hydrogen) atoms. The van der Waals surface area contributed by atoms with Crippen LogP contribution in [0.2, 0.25) is 0 Å². The van der Waals surface area contributed by atoms with E-state index < -0.39 is 0 Å². The van der Waals surface area contributed by atoms with Gasteiger partial charge in [-0.2, -0.15) is 0 Å². The lowest BCUT2D eigenvalue weighted by Gasteiger charge is -2.12. The van der Waals surface area contributed by atoms with E-state index in [-0.39, 0.29) is 11.7 Å². The van der Waals surface area contributed by atoms with Gasteiger partial charge in [-0.1, -0.05) is 0 Å². The fourth-order valence-corrected chi connectivity index (χ4v) is 1.47. The van der Waals surface area contributed by atoms with Crippen LogP contribution in [0.15, 0.2) is 22.7 Å². The summed E-state index contributed by atoms with van der Waals surface area (Å²) in [5.41, 5.74) is 2.96. The molecule has 1 N–H and O–H groups in total. The maximum absolute atomic E-state index is 12.7. The Balaban J connectivity index is 2.90. The molecule has 0 bridgehead atoms. The van der Waals surface area contributed by atoms with Gasteiger partial charge < -0.3 is 0 Å². The van der Waals surface area contributed by atoms with Gasteiger partial charge in [0.2, 0.25) is 0 Å². The average Bonchev–Trinajstić information content (AvgIpc) is 2.01. The molecule has 0 heterocycles. The molecule has 1 aromatic rings. The molecule has 0 aliphatic heterocycles. The molecule has 0 saturated heterocycles. The van der Waals surface area contributed by atoms with Crippen molar-refractivity contribution in [1.82, 2.24) is 10.4 Å². The number of hydrogen-bond acceptors (Lipinski definition) is 2. The number of carbonyl (C=O) groups is 1. The summed E-state index contributed by atoms with van der Waals surface area (Å²) in [5, 5.41) is 1.53. The van der Waals surface area contributed by atoms with Gasteiger partial charge in [0.05, 0.1) is 5.56 Å². The number of halogens is 2. The fourth-order valence-electron chi connectivity index (χ4n) is 0.937. The van der Waals surface area contributed by atoms with E-state index in [0.717, 1.165) is 0 Å². The molecule has 0 spiro atoms. The van der Waals surface area contributed by atoms with Crippen molar-refractivity contribution < 1.29 is 9.18 Å². The van der Waals surface area contributed by atoms with Crippen molar-refractivity contribution in [2.24, 2.45) is 0 Å². The number of nitrogens with zero attached hydrogens (tertiary/aromatic N) is 1. The predicted molar refractivity (Wildman–Crippen MR) is 55.3 cm³/mol. The highest BCUT2D eigenvalue weighted by atomic mass is 79.9. The third kappa shape index (κ3) is 2.78. The van der Waals surface area contributed by atoms with Crippen molar-refractivity contribution in [3.63, 3.8) is 0 Å². The number of carbonyl (C=O) groups excluding carboxylic acids is 1. The zero-order valence-corrected chi connectivity index (χ0v) is 9.43. The van der Waals surface area contributed by atoms with E-state index in [4.69, 9.17) is 0 Å². The highest BCUT2D eigenvalue weighted by Crippen LogP contribution is 2.17. The summed E-state index contributed by atoms with van der Waals surface area (Å²) in [4.78, 5) is 11.5. The highest BCUT2D eigenvalue weighted by molar-refractivity contribution is 9.10. The van der Waals surface area contributed by atoms with E-state index in [1.165, 1.54) is 23.2 Å². The molecule has 1 rings (SSSR count). The van der Waals surface area contributed by atoms with Crippen LogP contribution in [0.25, 0.3) is 0 Å². The first-order chi connectivity index (χ1) is 6.50. The molecule has 0 aliphatic rings. The monoisotopic (exact) mass is 260 g/mol. The zero-order valence-electron chi connectivity index (χ0n) is 7.84. The smallest absolute Gasteiger partial charge is 0.266 e. The fraction of sp³-hybridized carbons (Fsp3) is 0.222. The van der Waals surface area contributed by atoms with Gasteiger partial charge in [0.1, 0.15) is 5.82 Å². The molecular weight excluding hydrogens is 251 g/mol. The van der Waals surface area contributed by atoms with Crippen LogP contribution in [0.1, 0.15) is 10.4 Å². The molecule has 0 aromatic heterocycles. The summed E-state index contributed by atoms with van der Waals surface area (Å²) < 4.78 is 13.1. The molecule has 1 amide bonds. The van der Waals surface area contributed by atoms with Crippen LogP contribution >= 0.6 is 15.9 Å². The van der Waals surface area contributed by atoms with Gasteiger partial charge in [-0.3, -0.25) is 10.2 Å². The Morgan fingerprint density at radius 3 is 2.64 bits per heavy atom. The van der Waals surface area contributed by atoms with Gasteiger partial charge in [-0.25, -0.2) is 9.40 Å². The van der Waals surface area contributed by atoms with Crippen molar-refractivity contribution in [3.8, 4) is 0 Å². The predicted octanol–water partition coefficient (Wildman–Crippen LogP) is 1.79. The Kier molecular flexibility index (Phi) is 3.60. The standard InChI is InChI=1S/C9H10BrFN2O/c1-13(2)12-9(14)7-4-3-6(11)5-8(7)10/h3-5H,1-2H3,(H,12,14). The van der Waals surface area contributed by atoms with Crippen molar-refractivity contribution in [2.45, 2.75) is 0 Å². The summed E-state index contributed by atoms with van der Waals surface area (Å²) >= 11 is 3.12. The van der Waals surface area contributed by atoms with E-state index in [1.54, 1.807) is 14.1 Å². The lowest BCUT2D eigenvalue weighted by molar-refractivity contribution is 0.0856. The first-order valence-electron chi connectivity index (χ1n) is 3.94. The Bertz CT molecular complexity index is 355. The van der Waals surface area contributed by atoms with Crippen LogP contribution in [-0.2, 0) is 0 Å². The molecule has 0 unspecified atom stereocenters. The van der Waals surface area contributed by atoms with Crippen LogP contribution in [0.3, 0.4) is 0 Å². The summed E-state index contributed by atoms with van der Waals surface area (Å²) in [5.74, 6) is -0.653. The SMILES string of the molecule is CN(C)NC(=O)c1ccc(F)cc1Br. The molecule has 0 aliphatic carbocycles. The van der Waals surface area contributed by atoms with Crippen LogP contribution in [-0.4, -0.2) is 25.0 Å². The normalized spacial score (nSPS) is 10.4. The van der Waals surface area contributed by atoms with Gasteiger partial charge in [0.15, 0.2) is 0 Å². The van der Waals surface area contributed by atoms with Gasteiger partial charge in [-0.15, -0.1) is 0 Å². The minimum absolute atomic E-state index is 0.276. The third-order valence-corrected chi connectivity index (χ3v) is 2.16. The van der Waals surface area contributed by atoms with Crippen LogP contribution < -0.4 is 5.43 Å². The van der Waals surface area contributed by atoms with Gasteiger partial charge in [0, 0.05) is 18.6 Å². The molecule has 0 atom stereocenters. The lowest BCUT2D eigenvalue weighted by atomic mass is 10.2. The molecule has 3 nitrogen and oxygen atoms in total. The first-order valence-corrected chi connectivity index (χ1v) is 4.73. The van der Waals surface area contributed by atoms with E-state index in [9.17, 15) is 9.18 Å². The number of hydrazine groups is 1. The van der Waals surface area contributed by atoms with Crippen molar-refractivity contribution in [1.29, 1.82) is 0 Å². The molecular formula is C9H10BrFN2O. The zero-order chi connectivity index (χ0) is 10.7. The Hall–Kier alpha value is -0.940. The molecule has 5 heteroatoms. The van der Waals surface area contributed by atoms with Crippen molar-refractivity contribution >= 4 is 21.8 Å². The number of hydrogen-bond donors (Lipinski definition) is 1. The lowest BCUT2D eigenvalue weighted by Crippen LogP contribution is -2.36. The first kappa shape index (κ1) is 11.1. The van der Waals surface area contributed by atoms with E-state index >= 15 is 0 Å². The number of amides is 1. The number of rotatable bonds is 2. The molecule has 0 radical (unpaired) electrons. The Labute approximate surface area is 90.0 Å². The summed E-state index contributed by atoms with van der Waals surface area (Å²) in [6.45, 7) is 0. The van der Waals surface area contributed by atoms with E-state index in [2.05, 4.69) is 21.4 Å². The van der Waals surface area contributed by atoms with Crippen molar-refractivity contribution in [3.05, 3.63) is 34.1 Å². The Morgan fingerprint density at radius 1 is 1.50 bits per heavy atom. The van der Waals surface area contributed by atoms with Crippen molar-refractivity contribution in [2.75, 3.05) is 14.1 Å².